The molecule has 0 bridgehead atoms. The number of aryl methyl sites for hydroxylation is 2. The minimum Gasteiger partial charge on any atom is -0.451 e. The average Bonchev–Trinajstić information content (AvgIpc) is 3.35. The molecular formula is C18H20N6O. The molecule has 128 valence electrons. The fraction of sp³-hybridized carbons (Fsp3) is 0.278. The normalized spacial score (nSPS) is 12.6. The Morgan fingerprint density at radius 2 is 2.00 bits per heavy atom. The monoisotopic (exact) mass is 336 g/mol. The van der Waals surface area contributed by atoms with Crippen molar-refractivity contribution in [2.24, 2.45) is 0 Å². The summed E-state index contributed by atoms with van der Waals surface area (Å²) in [4.78, 5) is 4.49. The topological polar surface area (TPSA) is 77.5 Å². The molecule has 1 atom stereocenters. The van der Waals surface area contributed by atoms with Crippen LogP contribution in [0.4, 0.5) is 0 Å². The van der Waals surface area contributed by atoms with E-state index in [-0.39, 0.29) is 6.04 Å². The highest BCUT2D eigenvalue weighted by molar-refractivity contribution is 5.58. The second kappa shape index (κ2) is 6.08. The Bertz CT molecular complexity index is 975. The predicted molar refractivity (Wildman–Crippen MR) is 93.9 cm³/mol. The van der Waals surface area contributed by atoms with Gasteiger partial charge in [-0.3, -0.25) is 9.78 Å². The molecule has 4 rings (SSSR count). The lowest BCUT2D eigenvalue weighted by Gasteiger charge is -2.16. The Morgan fingerprint density at radius 3 is 2.72 bits per heavy atom. The molecule has 0 fully saturated rings. The molecule has 4 aromatic heterocycles. The quantitative estimate of drug-likeness (QED) is 0.604. The lowest BCUT2D eigenvalue weighted by molar-refractivity contribution is 0.429. The Kier molecular flexibility index (Phi) is 3.76. The number of hydrogen-bond acceptors (Lipinski definition) is 4. The molecule has 0 spiro atoms. The van der Waals surface area contributed by atoms with Gasteiger partial charge in [0.15, 0.2) is 17.3 Å². The summed E-state index contributed by atoms with van der Waals surface area (Å²) in [5.74, 6) is 2.28. The molecule has 0 unspecified atom stereocenters. The summed E-state index contributed by atoms with van der Waals surface area (Å²) in [6.07, 6.45) is 5.48. The summed E-state index contributed by atoms with van der Waals surface area (Å²) in [7, 11) is 0. The summed E-state index contributed by atoms with van der Waals surface area (Å²) < 4.78 is 10.1. The first-order valence-electron chi connectivity index (χ1n) is 8.25. The molecule has 0 saturated carbocycles. The molecule has 4 aromatic rings. The van der Waals surface area contributed by atoms with Crippen molar-refractivity contribution in [3.8, 4) is 23.0 Å². The number of hydrogen-bond donors (Lipinski definition) is 1. The molecule has 0 aliphatic rings. The molecular weight excluding hydrogens is 316 g/mol. The lowest BCUT2D eigenvalue weighted by Crippen LogP contribution is -2.15. The van der Waals surface area contributed by atoms with E-state index in [0.29, 0.717) is 0 Å². The van der Waals surface area contributed by atoms with Gasteiger partial charge >= 0.3 is 0 Å². The minimum atomic E-state index is 0.191. The van der Waals surface area contributed by atoms with E-state index in [9.17, 15) is 0 Å². The zero-order valence-electron chi connectivity index (χ0n) is 14.5. The van der Waals surface area contributed by atoms with Crippen molar-refractivity contribution in [1.82, 2.24) is 29.5 Å². The van der Waals surface area contributed by atoms with Crippen molar-refractivity contribution in [2.75, 3.05) is 0 Å². The van der Waals surface area contributed by atoms with E-state index in [1.807, 2.05) is 36.0 Å². The highest BCUT2D eigenvalue weighted by Crippen LogP contribution is 2.28. The Labute approximate surface area is 145 Å². The van der Waals surface area contributed by atoms with Crippen LogP contribution in [0.3, 0.4) is 0 Å². The van der Waals surface area contributed by atoms with E-state index in [1.165, 1.54) is 0 Å². The van der Waals surface area contributed by atoms with Gasteiger partial charge in [0.05, 0.1) is 18.3 Å². The van der Waals surface area contributed by atoms with Crippen LogP contribution in [0.2, 0.25) is 0 Å². The number of nitrogens with one attached hydrogen (secondary N) is 1. The van der Waals surface area contributed by atoms with Gasteiger partial charge in [0, 0.05) is 24.3 Å². The third-order valence-corrected chi connectivity index (χ3v) is 4.28. The molecule has 0 amide bonds. The molecule has 0 aliphatic carbocycles. The fourth-order valence-electron chi connectivity index (χ4n) is 3.05. The first-order chi connectivity index (χ1) is 12.1. The van der Waals surface area contributed by atoms with Crippen molar-refractivity contribution < 1.29 is 4.42 Å². The van der Waals surface area contributed by atoms with Gasteiger partial charge in [-0.15, -0.1) is 0 Å². The van der Waals surface area contributed by atoms with E-state index < -0.39 is 0 Å². The van der Waals surface area contributed by atoms with E-state index in [2.05, 4.69) is 44.8 Å². The zero-order chi connectivity index (χ0) is 17.4. The fourth-order valence-corrected chi connectivity index (χ4v) is 3.05. The van der Waals surface area contributed by atoms with Crippen LogP contribution in [0.5, 0.6) is 0 Å². The summed E-state index contributed by atoms with van der Waals surface area (Å²) in [6.45, 7) is 7.01. The summed E-state index contributed by atoms with van der Waals surface area (Å²) in [5.41, 5.74) is 3.04. The largest absolute Gasteiger partial charge is 0.451 e. The van der Waals surface area contributed by atoms with Gasteiger partial charge in [-0.25, -0.2) is 4.98 Å². The molecule has 1 N–H and O–H groups in total. The van der Waals surface area contributed by atoms with E-state index >= 15 is 0 Å². The van der Waals surface area contributed by atoms with Gasteiger partial charge in [-0.1, -0.05) is 0 Å². The number of nitrogens with zero attached hydrogens (tertiary/aromatic N) is 5. The van der Waals surface area contributed by atoms with Gasteiger partial charge in [-0.2, -0.15) is 10.2 Å². The minimum absolute atomic E-state index is 0.191. The molecule has 7 nitrogen and oxygen atoms in total. The van der Waals surface area contributed by atoms with Crippen LogP contribution in [0.15, 0.2) is 47.3 Å². The van der Waals surface area contributed by atoms with Crippen molar-refractivity contribution >= 4 is 0 Å². The van der Waals surface area contributed by atoms with Crippen LogP contribution in [0, 0.1) is 13.8 Å². The second-order valence-corrected chi connectivity index (χ2v) is 6.25. The highest BCUT2D eigenvalue weighted by Gasteiger charge is 2.17. The van der Waals surface area contributed by atoms with Crippen molar-refractivity contribution in [3.63, 3.8) is 0 Å². The number of H-pyrrole nitrogens is 1. The Balaban J connectivity index is 1.61. The molecule has 7 heteroatoms. The van der Waals surface area contributed by atoms with Gasteiger partial charge in [-0.05, 0) is 45.0 Å². The van der Waals surface area contributed by atoms with E-state index in [1.54, 1.807) is 12.4 Å². The smallest absolute Gasteiger partial charge is 0.176 e. The molecule has 0 aliphatic heterocycles. The van der Waals surface area contributed by atoms with Crippen molar-refractivity contribution in [2.45, 2.75) is 33.4 Å². The van der Waals surface area contributed by atoms with Crippen molar-refractivity contribution in [1.29, 1.82) is 0 Å². The van der Waals surface area contributed by atoms with Gasteiger partial charge < -0.3 is 8.98 Å². The third kappa shape index (κ3) is 2.88. The molecule has 25 heavy (non-hydrogen) atoms. The Hall–Kier alpha value is -3.09. The number of aromatic amines is 1. The number of imidazole rings is 1. The van der Waals surface area contributed by atoms with Gasteiger partial charge in [0.25, 0.3) is 0 Å². The third-order valence-electron chi connectivity index (χ3n) is 4.28. The SMILES string of the molecule is Cc1cc(C)n(C[C@H](C)n2ccnc2-c2ccc(-c3ccn[nH]3)o2)n1. The predicted octanol–water partition coefficient (Wildman–Crippen LogP) is 3.61. The van der Waals surface area contributed by atoms with Gasteiger partial charge in [0.1, 0.15) is 5.69 Å². The maximum absolute atomic E-state index is 5.96. The first kappa shape index (κ1) is 15.4. The molecule has 4 heterocycles. The maximum atomic E-state index is 5.96. The number of rotatable bonds is 5. The summed E-state index contributed by atoms with van der Waals surface area (Å²) in [6, 6.07) is 8.01. The van der Waals surface area contributed by atoms with Crippen molar-refractivity contribution in [3.05, 3.63) is 54.2 Å². The molecule has 0 radical (unpaired) electrons. The van der Waals surface area contributed by atoms with Crippen LogP contribution < -0.4 is 0 Å². The zero-order valence-corrected chi connectivity index (χ0v) is 14.5. The highest BCUT2D eigenvalue weighted by atomic mass is 16.3. The van der Waals surface area contributed by atoms with Gasteiger partial charge in [0.2, 0.25) is 0 Å². The van der Waals surface area contributed by atoms with E-state index in [4.69, 9.17) is 4.42 Å². The maximum Gasteiger partial charge on any atom is 0.176 e. The van der Waals surface area contributed by atoms with E-state index in [0.717, 1.165) is 41.0 Å². The average molecular weight is 336 g/mol. The summed E-state index contributed by atoms with van der Waals surface area (Å²) >= 11 is 0. The Morgan fingerprint density at radius 1 is 1.16 bits per heavy atom. The summed E-state index contributed by atoms with van der Waals surface area (Å²) in [5, 5.41) is 11.4. The lowest BCUT2D eigenvalue weighted by atomic mass is 10.3. The van der Waals surface area contributed by atoms with Crippen LogP contribution in [0.25, 0.3) is 23.0 Å². The molecule has 0 saturated heterocycles. The van der Waals surface area contributed by atoms with Crippen LogP contribution in [-0.4, -0.2) is 29.5 Å². The van der Waals surface area contributed by atoms with Crippen LogP contribution in [-0.2, 0) is 6.54 Å². The molecule has 0 aromatic carbocycles. The number of furan rings is 1. The number of aromatic nitrogens is 6. The standard InChI is InChI=1S/C18H20N6O/c1-12-10-13(2)24(22-12)11-14(3)23-9-8-19-18(23)17-5-4-16(25-17)15-6-7-20-21-15/h4-10,14H,11H2,1-3H3,(H,20,21)/t14-/m0/s1. The van der Waals surface area contributed by atoms with Crippen LogP contribution in [0.1, 0.15) is 24.4 Å². The first-order valence-corrected chi connectivity index (χ1v) is 8.25. The second-order valence-electron chi connectivity index (χ2n) is 6.25. The van der Waals surface area contributed by atoms with Crippen LogP contribution >= 0.6 is 0 Å².